The van der Waals surface area contributed by atoms with Gasteiger partial charge in [0.05, 0.1) is 16.9 Å². The highest BCUT2D eigenvalue weighted by Gasteiger charge is 2.26. The fourth-order valence-corrected chi connectivity index (χ4v) is 1.67. The van der Waals surface area contributed by atoms with E-state index in [9.17, 15) is 19.7 Å². The van der Waals surface area contributed by atoms with Crippen LogP contribution < -0.4 is 4.74 Å². The Hall–Kier alpha value is -2.96. The van der Waals surface area contributed by atoms with Crippen LogP contribution in [0.2, 0.25) is 0 Å². The lowest BCUT2D eigenvalue weighted by Gasteiger charge is -2.09. The molecule has 0 radical (unpaired) electrons. The normalized spacial score (nSPS) is 11.2. The largest absolute Gasteiger partial charge is 0.489 e. The van der Waals surface area contributed by atoms with E-state index in [4.69, 9.17) is 4.74 Å². The van der Waals surface area contributed by atoms with Crippen molar-refractivity contribution in [2.75, 3.05) is 6.61 Å². The first-order valence-electron chi connectivity index (χ1n) is 6.79. The second-order valence-electron chi connectivity index (χ2n) is 4.67. The van der Waals surface area contributed by atoms with Gasteiger partial charge < -0.3 is 9.47 Å². The van der Waals surface area contributed by atoms with Gasteiger partial charge >= 0.3 is 11.9 Å². The fourth-order valence-electron chi connectivity index (χ4n) is 1.67. The van der Waals surface area contributed by atoms with Crippen molar-refractivity contribution in [2.24, 2.45) is 5.92 Å². The van der Waals surface area contributed by atoms with Gasteiger partial charge in [0.25, 0.3) is 5.69 Å². The van der Waals surface area contributed by atoms with E-state index in [2.05, 4.69) is 17.9 Å². The topological polar surface area (TPSA) is 95.7 Å². The Balaban J connectivity index is 2.99. The smallest absolute Gasteiger partial charge is 0.352 e. The Kier molecular flexibility index (Phi) is 6.67. The van der Waals surface area contributed by atoms with Crippen LogP contribution in [0.4, 0.5) is 5.69 Å². The highest BCUT2D eigenvalue weighted by atomic mass is 16.6. The van der Waals surface area contributed by atoms with Crippen LogP contribution in [0.3, 0.4) is 0 Å². The fraction of sp³-hybridized carbons (Fsp3) is 0.250. The zero-order valence-corrected chi connectivity index (χ0v) is 12.7. The molecule has 0 heterocycles. The molecule has 0 amide bonds. The predicted octanol–water partition coefficient (Wildman–Crippen LogP) is 3.06. The quantitative estimate of drug-likeness (QED) is 0.240. The Morgan fingerprint density at radius 1 is 1.35 bits per heavy atom. The van der Waals surface area contributed by atoms with Gasteiger partial charge in [-0.25, -0.2) is 4.79 Å². The molecule has 1 unspecified atom stereocenters. The average Bonchev–Trinajstić information content (AvgIpc) is 2.52. The summed E-state index contributed by atoms with van der Waals surface area (Å²) in [6, 6.07) is 3.66. The van der Waals surface area contributed by atoms with Gasteiger partial charge in [-0.2, -0.15) is 0 Å². The molecule has 0 bridgehead atoms. The van der Waals surface area contributed by atoms with E-state index in [0.717, 1.165) is 6.07 Å². The lowest BCUT2D eigenvalue weighted by Crippen LogP contribution is -2.19. The maximum atomic E-state index is 12.0. The number of carbonyl (C=O) groups is 2. The molecule has 0 aromatic heterocycles. The van der Waals surface area contributed by atoms with Crippen molar-refractivity contribution in [1.82, 2.24) is 0 Å². The number of esters is 2. The number of carbonyl (C=O) groups excluding carboxylic acids is 2. The summed E-state index contributed by atoms with van der Waals surface area (Å²) in [6.07, 6.45) is 3.33. The Labute approximate surface area is 133 Å². The van der Waals surface area contributed by atoms with E-state index in [0.29, 0.717) is 6.42 Å². The number of benzene rings is 1. The molecule has 0 aliphatic rings. The summed E-state index contributed by atoms with van der Waals surface area (Å²) in [4.78, 5) is 34.1. The molecule has 1 aromatic carbocycles. The molecule has 0 saturated heterocycles. The van der Waals surface area contributed by atoms with Gasteiger partial charge in [-0.1, -0.05) is 25.7 Å². The van der Waals surface area contributed by atoms with Crippen molar-refractivity contribution in [1.29, 1.82) is 0 Å². The standard InChI is InChI=1S/C16H17NO6/c1-4-6-11(3)15(18)23-16(19)13-8-7-12(22-9-5-2)10-14(13)17(20)21/h4-5,7-8,10-11H,1-2,6,9H2,3H3. The number of nitro benzene ring substituents is 1. The summed E-state index contributed by atoms with van der Waals surface area (Å²) < 4.78 is 9.85. The third-order valence-corrected chi connectivity index (χ3v) is 2.87. The monoisotopic (exact) mass is 319 g/mol. The molecule has 0 aliphatic carbocycles. The second-order valence-corrected chi connectivity index (χ2v) is 4.67. The van der Waals surface area contributed by atoms with E-state index in [1.807, 2.05) is 0 Å². The minimum atomic E-state index is -1.08. The SMILES string of the molecule is C=CCOc1ccc(C(=O)OC(=O)C(C)CC=C)c([N+](=O)[O-])c1. The number of ether oxygens (including phenoxy) is 2. The molecule has 0 aliphatic heterocycles. The van der Waals surface area contributed by atoms with Gasteiger partial charge in [-0.15, -0.1) is 6.58 Å². The van der Waals surface area contributed by atoms with E-state index in [1.165, 1.54) is 24.3 Å². The summed E-state index contributed by atoms with van der Waals surface area (Å²) in [5, 5.41) is 11.1. The van der Waals surface area contributed by atoms with Gasteiger partial charge in [0, 0.05) is 0 Å². The number of hydrogen-bond acceptors (Lipinski definition) is 6. The summed E-state index contributed by atoms with van der Waals surface area (Å²) in [5.41, 5.74) is -0.819. The second kappa shape index (κ2) is 8.47. The summed E-state index contributed by atoms with van der Waals surface area (Å²) in [6.45, 7) is 8.69. The maximum Gasteiger partial charge on any atom is 0.352 e. The number of allylic oxidation sites excluding steroid dienone is 1. The lowest BCUT2D eigenvalue weighted by molar-refractivity contribution is -0.385. The first kappa shape index (κ1) is 18.1. The Bertz CT molecular complexity index is 637. The van der Waals surface area contributed by atoms with Crippen LogP contribution in [0.25, 0.3) is 0 Å². The van der Waals surface area contributed by atoms with Crippen molar-refractivity contribution in [3.05, 3.63) is 59.2 Å². The van der Waals surface area contributed by atoms with E-state index < -0.39 is 28.5 Å². The van der Waals surface area contributed by atoms with Crippen LogP contribution in [-0.2, 0) is 9.53 Å². The van der Waals surface area contributed by atoms with Crippen molar-refractivity contribution < 1.29 is 24.0 Å². The zero-order valence-electron chi connectivity index (χ0n) is 12.7. The summed E-state index contributed by atoms with van der Waals surface area (Å²) in [7, 11) is 0. The van der Waals surface area contributed by atoms with Crippen molar-refractivity contribution in [3.63, 3.8) is 0 Å². The molecule has 1 aromatic rings. The minimum absolute atomic E-state index is 0.165. The third kappa shape index (κ3) is 5.06. The summed E-state index contributed by atoms with van der Waals surface area (Å²) in [5.74, 6) is -2.20. The van der Waals surface area contributed by atoms with Gasteiger partial charge in [0.15, 0.2) is 0 Å². The van der Waals surface area contributed by atoms with Crippen LogP contribution in [0, 0.1) is 16.0 Å². The molecule has 0 spiro atoms. The number of rotatable bonds is 8. The minimum Gasteiger partial charge on any atom is -0.489 e. The molecular formula is C16H17NO6. The molecule has 122 valence electrons. The Morgan fingerprint density at radius 2 is 2.04 bits per heavy atom. The molecule has 7 nitrogen and oxygen atoms in total. The van der Waals surface area contributed by atoms with Crippen LogP contribution in [-0.4, -0.2) is 23.5 Å². The van der Waals surface area contributed by atoms with Gasteiger partial charge in [0.1, 0.15) is 17.9 Å². The van der Waals surface area contributed by atoms with Crippen molar-refractivity contribution >= 4 is 17.6 Å². The predicted molar refractivity (Wildman–Crippen MR) is 83.2 cm³/mol. The molecule has 23 heavy (non-hydrogen) atoms. The molecule has 0 N–H and O–H groups in total. The molecule has 0 saturated carbocycles. The molecule has 0 fully saturated rings. The lowest BCUT2D eigenvalue weighted by atomic mass is 10.1. The Morgan fingerprint density at radius 3 is 2.61 bits per heavy atom. The van der Waals surface area contributed by atoms with Crippen molar-refractivity contribution in [2.45, 2.75) is 13.3 Å². The van der Waals surface area contributed by atoms with Crippen LogP contribution >= 0.6 is 0 Å². The average molecular weight is 319 g/mol. The van der Waals surface area contributed by atoms with Crippen molar-refractivity contribution in [3.8, 4) is 5.75 Å². The highest BCUT2D eigenvalue weighted by Crippen LogP contribution is 2.26. The highest BCUT2D eigenvalue weighted by molar-refractivity contribution is 6.00. The van der Waals surface area contributed by atoms with E-state index in [-0.39, 0.29) is 17.9 Å². The molecule has 1 rings (SSSR count). The molecule has 7 heteroatoms. The number of nitro groups is 1. The van der Waals surface area contributed by atoms with Gasteiger partial charge in [-0.3, -0.25) is 14.9 Å². The van der Waals surface area contributed by atoms with E-state index in [1.54, 1.807) is 6.92 Å². The maximum absolute atomic E-state index is 12.0. The van der Waals surface area contributed by atoms with Gasteiger partial charge in [-0.05, 0) is 18.6 Å². The summed E-state index contributed by atoms with van der Waals surface area (Å²) >= 11 is 0. The van der Waals surface area contributed by atoms with Gasteiger partial charge in [0.2, 0.25) is 0 Å². The zero-order chi connectivity index (χ0) is 17.4. The number of hydrogen-bond donors (Lipinski definition) is 0. The van der Waals surface area contributed by atoms with E-state index >= 15 is 0 Å². The van der Waals surface area contributed by atoms with Crippen LogP contribution in [0.15, 0.2) is 43.5 Å². The molecule has 1 atom stereocenters. The van der Waals surface area contributed by atoms with Crippen LogP contribution in [0.1, 0.15) is 23.7 Å². The molecular weight excluding hydrogens is 302 g/mol. The number of nitrogens with zero attached hydrogens (tertiary/aromatic N) is 1. The third-order valence-electron chi connectivity index (χ3n) is 2.87. The first-order valence-corrected chi connectivity index (χ1v) is 6.79. The first-order chi connectivity index (χ1) is 10.9. The van der Waals surface area contributed by atoms with Crippen LogP contribution in [0.5, 0.6) is 5.75 Å².